The maximum atomic E-state index is 14.4. The molecule has 3 aliphatic rings. The van der Waals surface area contributed by atoms with Crippen LogP contribution >= 0.6 is 0 Å². The zero-order chi connectivity index (χ0) is 47.1. The van der Waals surface area contributed by atoms with E-state index in [0.717, 1.165) is 41.4 Å². The van der Waals surface area contributed by atoms with Crippen molar-refractivity contribution in [2.45, 2.75) is 139 Å². The second-order valence-electron chi connectivity index (χ2n) is 19.4. The van der Waals surface area contributed by atoms with E-state index in [-0.39, 0.29) is 59.7 Å². The van der Waals surface area contributed by atoms with Gasteiger partial charge in [-0.25, -0.2) is 0 Å². The number of hydrogen-bond acceptors (Lipinski definition) is 6. The number of rotatable bonds is 21. The molecule has 350 valence electrons. The van der Waals surface area contributed by atoms with Gasteiger partial charge in [0.05, 0.1) is 7.11 Å². The zero-order valence-electron chi connectivity index (χ0n) is 41.4. The summed E-state index contributed by atoms with van der Waals surface area (Å²) in [5.41, 5.74) is 9.55. The first-order chi connectivity index (χ1) is 31.1. The molecule has 0 amide bonds. The van der Waals surface area contributed by atoms with E-state index in [1.807, 2.05) is 45.1 Å². The van der Waals surface area contributed by atoms with Gasteiger partial charge in [0.15, 0.2) is 5.78 Å². The van der Waals surface area contributed by atoms with Crippen LogP contribution in [-0.4, -0.2) is 60.7 Å². The molecular weight excluding hydrogens is 835 g/mol. The van der Waals surface area contributed by atoms with Gasteiger partial charge < -0.3 is 35.2 Å². The molecule has 0 saturated carbocycles. The van der Waals surface area contributed by atoms with E-state index < -0.39 is 11.9 Å². The Morgan fingerprint density at radius 3 is 2.15 bits per heavy atom. The number of hydrogen-bond donors (Lipinski definition) is 1. The van der Waals surface area contributed by atoms with E-state index in [4.69, 9.17) is 35.2 Å². The standard InChI is InChI=1S/C55H72N5O5.Mg/c1-12-38-35(8)42-27-43-36(9)40(23-24-48(61)65-26-25-34(7)22-16-21-33(6)20-15-19-32(5)18-14-17-31(3)4)52(59-43)50-51(55(63)64-11)54(62)49-37(10)44(60-53(49)50)28-46-39(13-2)41(30-56)47(58-46)29-45(38)57-42;/h12,25,27-33,36,40,51H,1,13-24,26H2,2-11H3,(H2-,56,59,60,62);/q-3;+2/p-1/b34-25+,43-27-,47-29-;/t32-,33-,36+,40+,51-;/m1./s1. The minimum absolute atomic E-state index is 0. The Balaban J connectivity index is 0.00000817. The quantitative estimate of drug-likeness (QED) is 0.0365. The fourth-order valence-corrected chi connectivity index (χ4v) is 10.1. The number of esters is 2. The number of ether oxygens (including phenoxy) is 2. The van der Waals surface area contributed by atoms with Gasteiger partial charge in [0, 0.05) is 18.2 Å². The molecule has 11 heteroatoms. The third-order valence-corrected chi connectivity index (χ3v) is 14.1. The maximum absolute atomic E-state index is 14.4. The summed E-state index contributed by atoms with van der Waals surface area (Å²) in [6.45, 7) is 23.7. The number of aromatic nitrogens is 3. The second-order valence-corrected chi connectivity index (χ2v) is 19.4. The number of carbonyl (C=O) groups excluding carboxylic acids is 3. The number of nitrogens with zero attached hydrogens (tertiary/aromatic N) is 4. The van der Waals surface area contributed by atoms with Crippen molar-refractivity contribution in [2.24, 2.45) is 35.5 Å². The van der Waals surface area contributed by atoms with Crippen molar-refractivity contribution in [3.63, 3.8) is 0 Å². The van der Waals surface area contributed by atoms with Crippen molar-refractivity contribution in [3.8, 4) is 0 Å². The molecule has 1 aliphatic carbocycles. The van der Waals surface area contributed by atoms with Crippen LogP contribution in [0.1, 0.15) is 180 Å². The zero-order valence-corrected chi connectivity index (χ0v) is 42.8. The van der Waals surface area contributed by atoms with E-state index in [1.54, 1.807) is 6.08 Å². The van der Waals surface area contributed by atoms with Gasteiger partial charge >= 0.3 is 35.0 Å². The monoisotopic (exact) mass is 906 g/mol. The number of fused-ring (bicyclic) bond motifs is 7. The second kappa shape index (κ2) is 23.4. The number of nitrogens with one attached hydrogen (secondary N) is 1. The predicted octanol–water partition coefficient (Wildman–Crippen LogP) is 10.1. The van der Waals surface area contributed by atoms with Crippen LogP contribution < -0.4 is 25.7 Å². The molecule has 1 N–H and O–H groups in total. The molecule has 5 heterocycles. The van der Waals surface area contributed by atoms with Gasteiger partial charge in [-0.1, -0.05) is 145 Å². The molecule has 3 aromatic heterocycles. The third kappa shape index (κ3) is 11.6. The molecule has 0 spiro atoms. The van der Waals surface area contributed by atoms with E-state index in [2.05, 4.69) is 48.1 Å². The molecule has 2 aliphatic heterocycles. The van der Waals surface area contributed by atoms with Crippen molar-refractivity contribution in [3.05, 3.63) is 102 Å². The Hall–Kier alpha value is -4.61. The average molecular weight is 907 g/mol. The fraction of sp³-hybridized carbons (Fsp3) is 0.527. The van der Waals surface area contributed by atoms with Crippen molar-refractivity contribution in [1.29, 1.82) is 5.41 Å². The first-order valence-corrected chi connectivity index (χ1v) is 24.1. The number of methoxy groups -OCH3 is 1. The largest absolute Gasteiger partial charge is 2.00 e. The van der Waals surface area contributed by atoms with Crippen molar-refractivity contribution < 1.29 is 23.9 Å². The molecule has 0 unspecified atom stereocenters. The Labute approximate surface area is 409 Å². The van der Waals surface area contributed by atoms with Crippen LogP contribution in [0.4, 0.5) is 0 Å². The molecule has 6 rings (SSSR count). The van der Waals surface area contributed by atoms with Gasteiger partial charge in [0.1, 0.15) is 12.5 Å². The molecule has 1 saturated heterocycles. The Morgan fingerprint density at radius 2 is 1.52 bits per heavy atom. The van der Waals surface area contributed by atoms with E-state index in [1.165, 1.54) is 63.8 Å². The van der Waals surface area contributed by atoms with Crippen LogP contribution in [-0.2, 0) is 25.5 Å². The summed E-state index contributed by atoms with van der Waals surface area (Å²) in [4.78, 5) is 56.5. The smallest absolute Gasteiger partial charge is 0.664 e. The summed E-state index contributed by atoms with van der Waals surface area (Å²) in [7, 11) is 1.28. The van der Waals surface area contributed by atoms with E-state index in [9.17, 15) is 14.4 Å². The third-order valence-electron chi connectivity index (χ3n) is 14.1. The molecule has 66 heavy (non-hydrogen) atoms. The maximum Gasteiger partial charge on any atom is 2.00 e. The summed E-state index contributed by atoms with van der Waals surface area (Å²) < 4.78 is 11.0. The summed E-state index contributed by atoms with van der Waals surface area (Å²) in [5.74, 6) is -0.884. The van der Waals surface area contributed by atoms with Crippen LogP contribution in [0.3, 0.4) is 0 Å². The minimum Gasteiger partial charge on any atom is -0.664 e. The number of carbonyl (C=O) groups is 3. The minimum atomic E-state index is -1.25. The predicted molar refractivity (Wildman–Crippen MR) is 268 cm³/mol. The van der Waals surface area contributed by atoms with E-state index in [0.29, 0.717) is 85.9 Å². The summed E-state index contributed by atoms with van der Waals surface area (Å²) in [5, 5.41) is 14.8. The number of ketones is 1. The van der Waals surface area contributed by atoms with Gasteiger partial charge in [-0.15, -0.1) is 33.5 Å². The van der Waals surface area contributed by atoms with Crippen LogP contribution in [0.5, 0.6) is 0 Å². The average Bonchev–Trinajstić information content (AvgIpc) is 4.02. The van der Waals surface area contributed by atoms with E-state index >= 15 is 0 Å². The first-order valence-electron chi connectivity index (χ1n) is 24.1. The molecule has 0 radical (unpaired) electrons. The molecule has 0 aromatic carbocycles. The summed E-state index contributed by atoms with van der Waals surface area (Å²) >= 11 is 0. The molecule has 1 fully saturated rings. The van der Waals surface area contributed by atoms with Gasteiger partial charge in [-0.3, -0.25) is 14.4 Å². The molecule has 3 aromatic rings. The van der Waals surface area contributed by atoms with Crippen molar-refractivity contribution in [2.75, 3.05) is 13.7 Å². The molecule has 8 bridgehead atoms. The molecule has 5 atom stereocenters. The normalized spacial score (nSPS) is 21.4. The van der Waals surface area contributed by atoms with Gasteiger partial charge in [-0.05, 0) is 93.2 Å². The van der Waals surface area contributed by atoms with Crippen LogP contribution in [0, 0.1) is 54.8 Å². The molecule has 10 nitrogen and oxygen atoms in total. The fourth-order valence-electron chi connectivity index (χ4n) is 10.1. The van der Waals surface area contributed by atoms with Gasteiger partial charge in [-0.2, -0.15) is 11.4 Å². The van der Waals surface area contributed by atoms with Gasteiger partial charge in [0.25, 0.3) is 0 Å². The Morgan fingerprint density at radius 1 is 0.864 bits per heavy atom. The summed E-state index contributed by atoms with van der Waals surface area (Å²) in [6.07, 6.45) is 23.2. The topological polar surface area (TPSA) is 150 Å². The Kier molecular flexibility index (Phi) is 18.6. The van der Waals surface area contributed by atoms with Crippen molar-refractivity contribution in [1.82, 2.24) is 15.0 Å². The SMILES string of the molecule is C=Cc1c2[n-]c(c1C)/C=C1\[N-]/C(=C3\c4[n-]c(c(C)c4C(=O)[C@@H]3C(=O)OC)/C=c3\[n-]/c(c(C=N)c3CC)=C\2)[C@@H](CCC(=O)OC/C=C(\C)CCC[C@H](C)CCC[C@H](C)CCCC(C)C)[C@@H]1C.[Mg+2]. The van der Waals surface area contributed by atoms with Crippen LogP contribution in [0.2, 0.25) is 0 Å². The summed E-state index contributed by atoms with van der Waals surface area (Å²) in [6, 6.07) is 0. The van der Waals surface area contributed by atoms with Crippen LogP contribution in [0.15, 0.2) is 29.6 Å². The van der Waals surface area contributed by atoms with Crippen molar-refractivity contribution >= 4 is 76.9 Å². The number of allylic oxidation sites excluding steroid dienone is 3. The van der Waals surface area contributed by atoms with Crippen LogP contribution in [0.25, 0.3) is 35.2 Å². The first kappa shape index (κ1) is 52.4. The van der Waals surface area contributed by atoms with Gasteiger partial charge in [0.2, 0.25) is 0 Å². The molecular formula is C55H71MgN5O5-2. The number of Topliss-reactive ketones (excluding diaryl/α,β-unsaturated/α-hetero) is 1. The Bertz CT molecular complexity index is 2510.